The lowest BCUT2D eigenvalue weighted by Gasteiger charge is -2.29. The Bertz CT molecular complexity index is 263. The van der Waals surface area contributed by atoms with Gasteiger partial charge in [-0.2, -0.15) is 0 Å². The van der Waals surface area contributed by atoms with Gasteiger partial charge in [-0.05, 0) is 26.7 Å². The van der Waals surface area contributed by atoms with Crippen LogP contribution in [0, 0.1) is 0 Å². The number of alkyl carbamates (subject to hydrolysis) is 1. The lowest BCUT2D eigenvalue weighted by molar-refractivity contribution is 0.166. The number of rotatable bonds is 1. The van der Waals surface area contributed by atoms with Gasteiger partial charge in [0, 0.05) is 9.97 Å². The number of halogens is 1. The molecule has 1 N–H and O–H groups in total. The minimum Gasteiger partial charge on any atom is -0.453 e. The molecule has 3 nitrogen and oxygen atoms in total. The molecule has 0 radical (unpaired) electrons. The second-order valence-corrected chi connectivity index (χ2v) is 5.33. The molecule has 2 atom stereocenters. The van der Waals surface area contributed by atoms with Gasteiger partial charge < -0.3 is 10.1 Å². The largest absolute Gasteiger partial charge is 0.453 e. The number of methoxy groups -OCH3 is 1. The second kappa shape index (κ2) is 5.00. The van der Waals surface area contributed by atoms with Crippen molar-refractivity contribution in [2.75, 3.05) is 7.11 Å². The van der Waals surface area contributed by atoms with Crippen LogP contribution in [0.15, 0.2) is 11.1 Å². The molecule has 0 aromatic carbocycles. The minimum atomic E-state index is -0.330. The molecular weight excluding hydrogens is 293 g/mol. The number of ether oxygens (including phenoxy) is 1. The first-order valence-electron chi connectivity index (χ1n) is 4.68. The highest BCUT2D eigenvalue weighted by Gasteiger charge is 2.26. The van der Waals surface area contributed by atoms with Gasteiger partial charge in [-0.15, -0.1) is 0 Å². The van der Waals surface area contributed by atoms with E-state index in [1.165, 1.54) is 18.3 Å². The van der Waals surface area contributed by atoms with Crippen LogP contribution in [-0.2, 0) is 4.74 Å². The summed E-state index contributed by atoms with van der Waals surface area (Å²) in [4.78, 5) is 11.1. The highest BCUT2D eigenvalue weighted by atomic mass is 127. The molecule has 80 valence electrons. The molecule has 0 saturated heterocycles. The fourth-order valence-electron chi connectivity index (χ4n) is 1.59. The van der Waals surface area contributed by atoms with E-state index in [1.54, 1.807) is 0 Å². The number of alkyl halides is 1. The van der Waals surface area contributed by atoms with Crippen LogP contribution in [0.1, 0.15) is 26.7 Å². The Hall–Kier alpha value is -0.260. The Labute approximate surface area is 98.4 Å². The Kier molecular flexibility index (Phi) is 4.22. The maximum atomic E-state index is 11.1. The smallest absolute Gasteiger partial charge is 0.407 e. The number of hydrogen-bond acceptors (Lipinski definition) is 2. The van der Waals surface area contributed by atoms with Crippen molar-refractivity contribution >= 4 is 28.7 Å². The van der Waals surface area contributed by atoms with Gasteiger partial charge in [0.05, 0.1) is 7.11 Å². The van der Waals surface area contributed by atoms with Crippen molar-refractivity contribution in [1.82, 2.24) is 5.32 Å². The number of hydrogen-bond donors (Lipinski definition) is 1. The van der Waals surface area contributed by atoms with Crippen LogP contribution in [0.4, 0.5) is 4.79 Å². The molecule has 14 heavy (non-hydrogen) atoms. The zero-order chi connectivity index (χ0) is 10.7. The van der Waals surface area contributed by atoms with Crippen molar-refractivity contribution in [2.24, 2.45) is 0 Å². The summed E-state index contributed by atoms with van der Waals surface area (Å²) in [7, 11) is 1.40. The normalized spacial score (nSPS) is 27.4. The van der Waals surface area contributed by atoms with Crippen molar-refractivity contribution in [3.8, 4) is 0 Å². The van der Waals surface area contributed by atoms with E-state index in [-0.39, 0.29) is 12.1 Å². The van der Waals surface area contributed by atoms with E-state index in [9.17, 15) is 4.79 Å². The zero-order valence-electron chi connectivity index (χ0n) is 8.76. The van der Waals surface area contributed by atoms with E-state index in [0.717, 1.165) is 12.8 Å². The van der Waals surface area contributed by atoms with Gasteiger partial charge in [0.1, 0.15) is 0 Å². The maximum absolute atomic E-state index is 11.1. The number of allylic oxidation sites excluding steroid dienone is 1. The van der Waals surface area contributed by atoms with Gasteiger partial charge in [-0.25, -0.2) is 4.79 Å². The van der Waals surface area contributed by atoms with Crippen LogP contribution in [0.2, 0.25) is 0 Å². The molecule has 0 heterocycles. The van der Waals surface area contributed by atoms with E-state index in [4.69, 9.17) is 0 Å². The molecule has 0 aromatic heterocycles. The van der Waals surface area contributed by atoms with Gasteiger partial charge in [0.2, 0.25) is 0 Å². The molecule has 0 bridgehead atoms. The third-order valence-electron chi connectivity index (χ3n) is 2.68. The number of nitrogens with one attached hydrogen (secondary N) is 1. The molecule has 1 amide bonds. The van der Waals surface area contributed by atoms with E-state index in [1.807, 2.05) is 0 Å². The van der Waals surface area contributed by atoms with Crippen LogP contribution in [0.5, 0.6) is 0 Å². The lowest BCUT2D eigenvalue weighted by Crippen LogP contribution is -2.42. The second-order valence-electron chi connectivity index (χ2n) is 3.73. The molecule has 1 aliphatic rings. The summed E-state index contributed by atoms with van der Waals surface area (Å²) in [5, 5.41) is 2.87. The third kappa shape index (κ3) is 2.87. The third-order valence-corrected chi connectivity index (χ3v) is 3.99. The van der Waals surface area contributed by atoms with Crippen molar-refractivity contribution in [3.05, 3.63) is 11.1 Å². The first-order chi connectivity index (χ1) is 6.54. The Morgan fingerprint density at radius 2 is 2.00 bits per heavy atom. The van der Waals surface area contributed by atoms with E-state index < -0.39 is 0 Å². The molecular formula is C10H16INO2. The number of amides is 1. The van der Waals surface area contributed by atoms with Gasteiger partial charge in [0.15, 0.2) is 0 Å². The Morgan fingerprint density at radius 3 is 2.57 bits per heavy atom. The van der Waals surface area contributed by atoms with Crippen LogP contribution < -0.4 is 5.32 Å². The van der Waals surface area contributed by atoms with E-state index in [2.05, 4.69) is 46.5 Å². The SMILES string of the molecule is COC(=O)N[C@@H]1CC(C)=C(C)C[C@H]1I. The van der Waals surface area contributed by atoms with Crippen LogP contribution in [-0.4, -0.2) is 23.2 Å². The quantitative estimate of drug-likeness (QED) is 0.459. The molecule has 4 heteroatoms. The fraction of sp³-hybridized carbons (Fsp3) is 0.700. The number of carbonyl (C=O) groups is 1. The van der Waals surface area contributed by atoms with Crippen LogP contribution >= 0.6 is 22.6 Å². The minimum absolute atomic E-state index is 0.215. The first kappa shape index (κ1) is 11.8. The average Bonchev–Trinajstić information content (AvgIpc) is 2.14. The summed E-state index contributed by atoms with van der Waals surface area (Å²) in [5.74, 6) is 0. The van der Waals surface area contributed by atoms with Gasteiger partial charge in [0.25, 0.3) is 0 Å². The molecule has 0 fully saturated rings. The van der Waals surface area contributed by atoms with Crippen molar-refractivity contribution in [2.45, 2.75) is 36.7 Å². The van der Waals surface area contributed by atoms with Crippen LogP contribution in [0.3, 0.4) is 0 Å². The average molecular weight is 309 g/mol. The summed E-state index contributed by atoms with van der Waals surface area (Å²) in [6.07, 6.45) is 1.67. The van der Waals surface area contributed by atoms with Gasteiger partial charge in [-0.1, -0.05) is 33.7 Å². The Morgan fingerprint density at radius 1 is 1.43 bits per heavy atom. The summed E-state index contributed by atoms with van der Waals surface area (Å²) in [6.45, 7) is 4.29. The monoisotopic (exact) mass is 309 g/mol. The predicted octanol–water partition coefficient (Wildman–Crippen LogP) is 2.64. The van der Waals surface area contributed by atoms with Crippen molar-refractivity contribution in [3.63, 3.8) is 0 Å². The summed E-state index contributed by atoms with van der Waals surface area (Å²) in [6, 6.07) is 0.215. The zero-order valence-corrected chi connectivity index (χ0v) is 10.9. The summed E-state index contributed by atoms with van der Waals surface area (Å²) >= 11 is 2.39. The maximum Gasteiger partial charge on any atom is 0.407 e. The van der Waals surface area contributed by atoms with Crippen molar-refractivity contribution < 1.29 is 9.53 Å². The van der Waals surface area contributed by atoms with Crippen LogP contribution in [0.25, 0.3) is 0 Å². The molecule has 0 spiro atoms. The molecule has 1 rings (SSSR count). The highest BCUT2D eigenvalue weighted by Crippen LogP contribution is 2.29. The molecule has 1 aliphatic carbocycles. The molecule has 0 aromatic rings. The standard InChI is InChI=1S/C10H16INO2/c1-6-4-8(11)9(5-7(6)2)12-10(13)14-3/h8-9H,4-5H2,1-3H3,(H,12,13)/t8-,9-/m1/s1. The first-order valence-corrected chi connectivity index (χ1v) is 5.93. The predicted molar refractivity (Wildman–Crippen MR) is 64.7 cm³/mol. The summed E-state index contributed by atoms with van der Waals surface area (Å²) < 4.78 is 5.06. The van der Waals surface area contributed by atoms with Gasteiger partial charge >= 0.3 is 6.09 Å². The van der Waals surface area contributed by atoms with Gasteiger partial charge in [-0.3, -0.25) is 0 Å². The number of carbonyl (C=O) groups excluding carboxylic acids is 1. The van der Waals surface area contributed by atoms with E-state index in [0.29, 0.717) is 3.92 Å². The highest BCUT2D eigenvalue weighted by molar-refractivity contribution is 14.1. The molecule has 0 saturated carbocycles. The Balaban J connectivity index is 2.60. The van der Waals surface area contributed by atoms with E-state index >= 15 is 0 Å². The molecule has 0 unspecified atom stereocenters. The topological polar surface area (TPSA) is 38.3 Å². The molecule has 0 aliphatic heterocycles. The fourth-order valence-corrected chi connectivity index (χ4v) is 2.69. The van der Waals surface area contributed by atoms with Crippen molar-refractivity contribution in [1.29, 1.82) is 0 Å². The lowest BCUT2D eigenvalue weighted by atomic mass is 9.90. The summed E-state index contributed by atoms with van der Waals surface area (Å²) in [5.41, 5.74) is 2.84.